The van der Waals surface area contributed by atoms with Gasteiger partial charge in [0.05, 0.1) is 16.2 Å². The minimum Gasteiger partial charge on any atom is -0.382 e. The van der Waals surface area contributed by atoms with Crippen molar-refractivity contribution < 1.29 is 4.79 Å². The van der Waals surface area contributed by atoms with E-state index >= 15 is 0 Å². The summed E-state index contributed by atoms with van der Waals surface area (Å²) in [4.78, 5) is 20.6. The Morgan fingerprint density at radius 2 is 2.22 bits per heavy atom. The summed E-state index contributed by atoms with van der Waals surface area (Å²) in [6.07, 6.45) is 3.53. The van der Waals surface area contributed by atoms with Gasteiger partial charge in [-0.15, -0.1) is 11.3 Å². The molecule has 0 aliphatic rings. The Kier molecular flexibility index (Phi) is 4.27. The lowest BCUT2D eigenvalue weighted by atomic mass is 10.3. The van der Waals surface area contributed by atoms with Crippen molar-refractivity contribution in [2.45, 2.75) is 6.42 Å². The number of nitrogen functional groups attached to an aromatic ring is 1. The van der Waals surface area contributed by atoms with Crippen LogP contribution in [0, 0.1) is 0 Å². The Hall–Kier alpha value is -1.47. The van der Waals surface area contributed by atoms with Gasteiger partial charge in [0.15, 0.2) is 0 Å². The molecule has 94 valence electrons. The third-order valence-electron chi connectivity index (χ3n) is 2.19. The van der Waals surface area contributed by atoms with Crippen molar-refractivity contribution >= 4 is 39.0 Å². The molecule has 2 rings (SSSR count). The van der Waals surface area contributed by atoms with Crippen molar-refractivity contribution in [1.82, 2.24) is 15.3 Å². The summed E-state index contributed by atoms with van der Waals surface area (Å²) >= 11 is 5.06. The van der Waals surface area contributed by atoms with Crippen LogP contribution in [0.25, 0.3) is 0 Å². The van der Waals surface area contributed by atoms with Gasteiger partial charge in [-0.2, -0.15) is 0 Å². The van der Waals surface area contributed by atoms with E-state index in [4.69, 9.17) is 5.73 Å². The summed E-state index contributed by atoms with van der Waals surface area (Å²) in [6.45, 7) is 0.567. The van der Waals surface area contributed by atoms with Crippen molar-refractivity contribution in [3.8, 4) is 0 Å². The number of amides is 1. The lowest BCUT2D eigenvalue weighted by Crippen LogP contribution is -2.26. The molecule has 2 aromatic rings. The van der Waals surface area contributed by atoms with Gasteiger partial charge < -0.3 is 11.1 Å². The molecule has 2 aromatic heterocycles. The Labute approximate surface area is 117 Å². The first kappa shape index (κ1) is 13.0. The Balaban J connectivity index is 1.83. The second-order valence-electron chi connectivity index (χ2n) is 3.54. The van der Waals surface area contributed by atoms with E-state index in [-0.39, 0.29) is 11.6 Å². The number of thiophene rings is 1. The average molecular weight is 327 g/mol. The van der Waals surface area contributed by atoms with Crippen molar-refractivity contribution in [3.63, 3.8) is 0 Å². The molecule has 0 unspecified atom stereocenters. The number of anilines is 1. The van der Waals surface area contributed by atoms with Crippen molar-refractivity contribution in [1.29, 1.82) is 0 Å². The first-order valence-corrected chi connectivity index (χ1v) is 6.86. The van der Waals surface area contributed by atoms with Crippen LogP contribution in [0.2, 0.25) is 0 Å². The van der Waals surface area contributed by atoms with Crippen LogP contribution in [-0.4, -0.2) is 22.4 Å². The number of hydrogen-bond donors (Lipinski definition) is 2. The average Bonchev–Trinajstić information content (AvgIpc) is 2.76. The van der Waals surface area contributed by atoms with Crippen molar-refractivity contribution in [2.75, 3.05) is 12.3 Å². The summed E-state index contributed by atoms with van der Waals surface area (Å²) in [5, 5.41) is 2.79. The van der Waals surface area contributed by atoms with E-state index in [9.17, 15) is 4.79 Å². The highest BCUT2D eigenvalue weighted by molar-refractivity contribution is 9.11. The van der Waals surface area contributed by atoms with E-state index in [2.05, 4.69) is 31.2 Å². The lowest BCUT2D eigenvalue weighted by molar-refractivity contribution is 0.0949. The first-order valence-electron chi connectivity index (χ1n) is 5.25. The molecule has 0 atom stereocenters. The summed E-state index contributed by atoms with van der Waals surface area (Å²) in [5.41, 5.74) is 5.67. The Morgan fingerprint density at radius 3 is 2.83 bits per heavy atom. The zero-order chi connectivity index (χ0) is 13.0. The molecular formula is C11H11BrN4OS. The fourth-order valence-corrected chi connectivity index (χ4v) is 2.81. The number of nitrogens with two attached hydrogens (primary N) is 1. The van der Waals surface area contributed by atoms with Crippen LogP contribution in [0.4, 0.5) is 5.82 Å². The standard InChI is InChI=1S/C11H11BrN4OS/c12-9-2-1-7(18-9)3-4-14-11(17)8-5-16-10(13)6-15-8/h1-2,5-6H,3-4H2,(H2,13,16)(H,14,17). The lowest BCUT2D eigenvalue weighted by Gasteiger charge is -2.03. The summed E-state index contributed by atoms with van der Waals surface area (Å²) < 4.78 is 1.09. The van der Waals surface area contributed by atoms with Crippen LogP contribution in [0.1, 0.15) is 15.4 Å². The van der Waals surface area contributed by atoms with Crippen molar-refractivity contribution in [3.05, 3.63) is 38.9 Å². The highest BCUT2D eigenvalue weighted by atomic mass is 79.9. The van der Waals surface area contributed by atoms with E-state index in [0.717, 1.165) is 10.2 Å². The molecule has 0 aliphatic carbocycles. The maximum Gasteiger partial charge on any atom is 0.271 e. The van der Waals surface area contributed by atoms with Gasteiger partial charge in [-0.3, -0.25) is 4.79 Å². The molecule has 1 amide bonds. The highest BCUT2D eigenvalue weighted by Crippen LogP contribution is 2.21. The van der Waals surface area contributed by atoms with Gasteiger partial charge in [-0.1, -0.05) is 0 Å². The monoisotopic (exact) mass is 326 g/mol. The molecule has 7 heteroatoms. The zero-order valence-corrected chi connectivity index (χ0v) is 11.8. The van der Waals surface area contributed by atoms with E-state index in [0.29, 0.717) is 12.4 Å². The molecule has 0 spiro atoms. The van der Waals surface area contributed by atoms with Gasteiger partial charge in [0.1, 0.15) is 11.5 Å². The smallest absolute Gasteiger partial charge is 0.271 e. The molecule has 18 heavy (non-hydrogen) atoms. The quantitative estimate of drug-likeness (QED) is 0.898. The summed E-state index contributed by atoms with van der Waals surface area (Å²) in [6, 6.07) is 4.02. The zero-order valence-electron chi connectivity index (χ0n) is 9.39. The van der Waals surface area contributed by atoms with E-state index < -0.39 is 0 Å². The Morgan fingerprint density at radius 1 is 1.39 bits per heavy atom. The van der Waals surface area contributed by atoms with Gasteiger partial charge in [-0.05, 0) is 34.5 Å². The maximum absolute atomic E-state index is 11.7. The molecule has 0 radical (unpaired) electrons. The van der Waals surface area contributed by atoms with Crippen LogP contribution in [0.3, 0.4) is 0 Å². The molecule has 5 nitrogen and oxygen atoms in total. The predicted molar refractivity (Wildman–Crippen MR) is 74.5 cm³/mol. The Bertz CT molecular complexity index is 540. The predicted octanol–water partition coefficient (Wildman–Crippen LogP) is 1.86. The fraction of sp³-hybridized carbons (Fsp3) is 0.182. The van der Waals surface area contributed by atoms with Crippen molar-refractivity contribution in [2.24, 2.45) is 0 Å². The van der Waals surface area contributed by atoms with Gasteiger partial charge in [0.25, 0.3) is 5.91 Å². The van der Waals surface area contributed by atoms with Crippen LogP contribution >= 0.6 is 27.3 Å². The minimum absolute atomic E-state index is 0.238. The molecule has 0 fully saturated rings. The number of nitrogens with one attached hydrogen (secondary N) is 1. The molecule has 2 heterocycles. The van der Waals surface area contributed by atoms with E-state index in [1.807, 2.05) is 12.1 Å². The normalized spacial score (nSPS) is 10.3. The molecule has 0 aromatic carbocycles. The number of nitrogens with zero attached hydrogens (tertiary/aromatic N) is 2. The molecule has 0 bridgehead atoms. The van der Waals surface area contributed by atoms with Gasteiger partial charge >= 0.3 is 0 Å². The second kappa shape index (κ2) is 5.92. The van der Waals surface area contributed by atoms with E-state index in [1.165, 1.54) is 17.3 Å². The second-order valence-corrected chi connectivity index (χ2v) is 6.09. The van der Waals surface area contributed by atoms with Gasteiger partial charge in [-0.25, -0.2) is 9.97 Å². The number of hydrogen-bond acceptors (Lipinski definition) is 5. The summed E-state index contributed by atoms with van der Waals surface area (Å²) in [7, 11) is 0. The number of rotatable bonds is 4. The van der Waals surface area contributed by atoms with Gasteiger partial charge in [0.2, 0.25) is 0 Å². The molecule has 0 saturated heterocycles. The minimum atomic E-state index is -0.238. The molecular weight excluding hydrogens is 316 g/mol. The third kappa shape index (κ3) is 3.51. The molecule has 0 saturated carbocycles. The summed E-state index contributed by atoms with van der Waals surface area (Å²) in [5.74, 6) is 0.0631. The van der Waals surface area contributed by atoms with Crippen LogP contribution in [-0.2, 0) is 6.42 Å². The van der Waals surface area contributed by atoms with Crippen LogP contribution in [0.15, 0.2) is 28.3 Å². The number of carbonyl (C=O) groups is 1. The number of aromatic nitrogens is 2. The first-order chi connectivity index (χ1) is 8.65. The maximum atomic E-state index is 11.7. The van der Waals surface area contributed by atoms with E-state index in [1.54, 1.807) is 11.3 Å². The largest absolute Gasteiger partial charge is 0.382 e. The van der Waals surface area contributed by atoms with Gasteiger partial charge in [0, 0.05) is 11.4 Å². The molecule has 3 N–H and O–H groups in total. The third-order valence-corrected chi connectivity index (χ3v) is 3.87. The SMILES string of the molecule is Nc1cnc(C(=O)NCCc2ccc(Br)s2)cn1. The highest BCUT2D eigenvalue weighted by Gasteiger charge is 2.07. The van der Waals surface area contributed by atoms with Crippen LogP contribution in [0.5, 0.6) is 0 Å². The number of carbonyl (C=O) groups excluding carboxylic acids is 1. The topological polar surface area (TPSA) is 80.9 Å². The van der Waals surface area contributed by atoms with Crippen LogP contribution < -0.4 is 11.1 Å². The number of halogens is 1. The fourth-order valence-electron chi connectivity index (χ4n) is 1.33. The molecule has 0 aliphatic heterocycles.